The monoisotopic (exact) mass is 260 g/mol. The smallest absolute Gasteiger partial charge is 0.234 e. The minimum atomic E-state index is 0.443. The molecule has 0 amide bonds. The first-order valence-electron chi connectivity index (χ1n) is 6.16. The molecule has 0 fully saturated rings. The maximum atomic E-state index is 9.89. The van der Waals surface area contributed by atoms with Crippen molar-refractivity contribution in [2.24, 2.45) is 9.98 Å². The first-order chi connectivity index (χ1) is 9.36. The Bertz CT molecular complexity index is 458. The standard InChI is InChI=1S/C14H16N2O3/c17-11-15-8-1-3-13-4-6-14(7-5-13)19-10-2-9-16-12-18/h4-7H,1-3,8-10H2. The number of rotatable bonds is 9. The highest BCUT2D eigenvalue weighted by atomic mass is 16.5. The highest BCUT2D eigenvalue weighted by Crippen LogP contribution is 2.13. The Morgan fingerprint density at radius 2 is 1.58 bits per heavy atom. The van der Waals surface area contributed by atoms with Crippen molar-refractivity contribution in [3.63, 3.8) is 0 Å². The summed E-state index contributed by atoms with van der Waals surface area (Å²) >= 11 is 0. The van der Waals surface area contributed by atoms with Gasteiger partial charge in [0.15, 0.2) is 0 Å². The first kappa shape index (κ1) is 14.8. The van der Waals surface area contributed by atoms with Gasteiger partial charge in [0.1, 0.15) is 5.75 Å². The van der Waals surface area contributed by atoms with Crippen molar-refractivity contribution in [3.8, 4) is 5.75 Å². The fourth-order valence-corrected chi connectivity index (χ4v) is 1.54. The number of isocyanates is 2. The van der Waals surface area contributed by atoms with Gasteiger partial charge in [-0.15, -0.1) is 0 Å². The summed E-state index contributed by atoms with van der Waals surface area (Å²) < 4.78 is 5.49. The van der Waals surface area contributed by atoms with E-state index in [4.69, 9.17) is 4.74 Å². The Morgan fingerprint density at radius 3 is 2.21 bits per heavy atom. The van der Waals surface area contributed by atoms with Crippen LogP contribution in [0.25, 0.3) is 0 Å². The Balaban J connectivity index is 2.26. The first-order valence-corrected chi connectivity index (χ1v) is 6.16. The Labute approximate surface area is 112 Å². The van der Waals surface area contributed by atoms with Crippen LogP contribution in [0.5, 0.6) is 5.75 Å². The van der Waals surface area contributed by atoms with Crippen LogP contribution < -0.4 is 4.74 Å². The predicted octanol–water partition coefficient (Wildman–Crippen LogP) is 2.06. The summed E-state index contributed by atoms with van der Waals surface area (Å²) in [6.45, 7) is 1.48. The summed E-state index contributed by atoms with van der Waals surface area (Å²) in [7, 11) is 0. The lowest BCUT2D eigenvalue weighted by molar-refractivity contribution is 0.313. The van der Waals surface area contributed by atoms with Gasteiger partial charge in [0, 0.05) is 6.42 Å². The van der Waals surface area contributed by atoms with E-state index in [1.54, 1.807) is 0 Å². The molecule has 0 saturated heterocycles. The van der Waals surface area contributed by atoms with E-state index in [-0.39, 0.29) is 0 Å². The summed E-state index contributed by atoms with van der Waals surface area (Å²) in [5.74, 6) is 0.796. The fraction of sp³-hybridized carbons (Fsp3) is 0.429. The minimum Gasteiger partial charge on any atom is -0.494 e. The van der Waals surface area contributed by atoms with Crippen molar-refractivity contribution in [1.29, 1.82) is 0 Å². The van der Waals surface area contributed by atoms with Crippen LogP contribution in [0, 0.1) is 0 Å². The molecule has 19 heavy (non-hydrogen) atoms. The largest absolute Gasteiger partial charge is 0.494 e. The molecular weight excluding hydrogens is 244 g/mol. The molecule has 1 aromatic carbocycles. The van der Waals surface area contributed by atoms with Crippen molar-refractivity contribution < 1.29 is 14.3 Å². The third-order valence-corrected chi connectivity index (χ3v) is 2.47. The average Bonchev–Trinajstić information content (AvgIpc) is 2.45. The average molecular weight is 260 g/mol. The van der Waals surface area contributed by atoms with Crippen molar-refractivity contribution in [2.45, 2.75) is 19.3 Å². The molecule has 0 radical (unpaired) electrons. The van der Waals surface area contributed by atoms with Crippen LogP contribution >= 0.6 is 0 Å². The molecule has 0 aliphatic rings. The van der Waals surface area contributed by atoms with E-state index >= 15 is 0 Å². The van der Waals surface area contributed by atoms with Crippen molar-refractivity contribution in [3.05, 3.63) is 29.8 Å². The maximum Gasteiger partial charge on any atom is 0.234 e. The number of aryl methyl sites for hydroxylation is 1. The van der Waals surface area contributed by atoms with Crippen LogP contribution in [-0.4, -0.2) is 31.9 Å². The third-order valence-electron chi connectivity index (χ3n) is 2.47. The summed E-state index contributed by atoms with van der Waals surface area (Å²) in [6, 6.07) is 7.79. The zero-order valence-corrected chi connectivity index (χ0v) is 10.7. The molecule has 0 aliphatic carbocycles. The van der Waals surface area contributed by atoms with Gasteiger partial charge < -0.3 is 4.74 Å². The van der Waals surface area contributed by atoms with Gasteiger partial charge in [-0.25, -0.2) is 19.6 Å². The van der Waals surface area contributed by atoms with Gasteiger partial charge in [-0.3, -0.25) is 0 Å². The number of hydrogen-bond donors (Lipinski definition) is 0. The zero-order valence-electron chi connectivity index (χ0n) is 10.7. The molecule has 0 unspecified atom stereocenters. The Kier molecular flexibility index (Phi) is 7.63. The van der Waals surface area contributed by atoms with Gasteiger partial charge in [-0.05, 0) is 30.5 Å². The van der Waals surface area contributed by atoms with Crippen LogP contribution in [0.2, 0.25) is 0 Å². The maximum absolute atomic E-state index is 9.89. The molecular formula is C14H16N2O3. The van der Waals surface area contributed by atoms with Gasteiger partial charge in [0.25, 0.3) is 0 Å². The topological polar surface area (TPSA) is 68.1 Å². The summed E-state index contributed by atoms with van der Waals surface area (Å²) in [4.78, 5) is 26.7. The summed E-state index contributed by atoms with van der Waals surface area (Å²) in [5.41, 5.74) is 1.18. The SMILES string of the molecule is O=C=NCCCOc1ccc(CCCN=C=O)cc1. The Hall–Kier alpha value is -2.22. The number of carbonyl (C=O) groups excluding carboxylic acids is 2. The molecule has 0 aliphatic heterocycles. The van der Waals surface area contributed by atoms with Gasteiger partial charge >= 0.3 is 0 Å². The van der Waals surface area contributed by atoms with Crippen LogP contribution in [0.3, 0.4) is 0 Å². The van der Waals surface area contributed by atoms with Gasteiger partial charge in [-0.2, -0.15) is 0 Å². The van der Waals surface area contributed by atoms with E-state index in [0.29, 0.717) is 26.1 Å². The molecule has 5 nitrogen and oxygen atoms in total. The van der Waals surface area contributed by atoms with Crippen LogP contribution in [0.15, 0.2) is 34.3 Å². The number of benzene rings is 1. The molecule has 0 bridgehead atoms. The third kappa shape index (κ3) is 6.94. The quantitative estimate of drug-likeness (QED) is 0.387. The van der Waals surface area contributed by atoms with E-state index < -0.39 is 0 Å². The number of nitrogens with zero attached hydrogens (tertiary/aromatic N) is 2. The molecule has 5 heteroatoms. The number of hydrogen-bond acceptors (Lipinski definition) is 5. The van der Waals surface area contributed by atoms with Crippen LogP contribution in [0.1, 0.15) is 18.4 Å². The minimum absolute atomic E-state index is 0.443. The molecule has 0 saturated carbocycles. The highest BCUT2D eigenvalue weighted by Gasteiger charge is 1.96. The molecule has 1 rings (SSSR count). The number of ether oxygens (including phenoxy) is 1. The van der Waals surface area contributed by atoms with E-state index in [2.05, 4.69) is 9.98 Å². The fourth-order valence-electron chi connectivity index (χ4n) is 1.54. The summed E-state index contributed by atoms with van der Waals surface area (Å²) in [5, 5.41) is 0. The second kappa shape index (κ2) is 9.77. The lowest BCUT2D eigenvalue weighted by atomic mass is 10.1. The van der Waals surface area contributed by atoms with Gasteiger partial charge in [0.2, 0.25) is 12.2 Å². The van der Waals surface area contributed by atoms with Crippen molar-refractivity contribution >= 4 is 12.2 Å². The lowest BCUT2D eigenvalue weighted by Crippen LogP contribution is -1.99. The molecule has 0 N–H and O–H groups in total. The molecule has 0 heterocycles. The second-order valence-electron chi connectivity index (χ2n) is 3.90. The molecule has 0 spiro atoms. The predicted molar refractivity (Wildman–Crippen MR) is 70.9 cm³/mol. The van der Waals surface area contributed by atoms with Crippen molar-refractivity contribution in [1.82, 2.24) is 0 Å². The van der Waals surface area contributed by atoms with E-state index in [0.717, 1.165) is 18.6 Å². The molecule has 0 aromatic heterocycles. The van der Waals surface area contributed by atoms with E-state index in [9.17, 15) is 9.59 Å². The molecule has 0 atom stereocenters. The molecule has 1 aromatic rings. The van der Waals surface area contributed by atoms with Gasteiger partial charge in [-0.1, -0.05) is 12.1 Å². The van der Waals surface area contributed by atoms with Crippen LogP contribution in [-0.2, 0) is 16.0 Å². The Morgan fingerprint density at radius 1 is 0.947 bits per heavy atom. The second-order valence-corrected chi connectivity index (χ2v) is 3.90. The van der Waals surface area contributed by atoms with Crippen LogP contribution in [0.4, 0.5) is 0 Å². The number of aliphatic imine (C=N–C) groups is 2. The zero-order chi connectivity index (χ0) is 13.8. The van der Waals surface area contributed by atoms with E-state index in [1.165, 1.54) is 17.7 Å². The van der Waals surface area contributed by atoms with Gasteiger partial charge in [0.05, 0.1) is 19.7 Å². The van der Waals surface area contributed by atoms with E-state index in [1.807, 2.05) is 24.3 Å². The lowest BCUT2D eigenvalue weighted by Gasteiger charge is -2.06. The molecule has 100 valence electrons. The van der Waals surface area contributed by atoms with Crippen molar-refractivity contribution in [2.75, 3.05) is 19.7 Å². The normalized spacial score (nSPS) is 9.26. The highest BCUT2D eigenvalue weighted by molar-refractivity contribution is 5.33. The summed E-state index contributed by atoms with van der Waals surface area (Å²) in [6.07, 6.45) is 5.42.